The lowest BCUT2D eigenvalue weighted by Crippen LogP contribution is -1.91. The van der Waals surface area contributed by atoms with E-state index >= 15 is 0 Å². The van der Waals surface area contributed by atoms with Crippen molar-refractivity contribution in [2.45, 2.75) is 13.3 Å². The molecule has 4 nitrogen and oxygen atoms in total. The van der Waals surface area contributed by atoms with Crippen molar-refractivity contribution in [3.8, 4) is 11.1 Å². The number of aromatic nitrogens is 1. The molecule has 0 amide bonds. The van der Waals surface area contributed by atoms with Gasteiger partial charge in [-0.15, -0.1) is 0 Å². The second kappa shape index (κ2) is 5.32. The maximum absolute atomic E-state index is 11.0. The number of rotatable bonds is 3. The number of aryl methyl sites for hydroxylation is 1. The summed E-state index contributed by atoms with van der Waals surface area (Å²) in [7, 11) is 0. The molecule has 3 aromatic rings. The zero-order chi connectivity index (χ0) is 14.8. The van der Waals surface area contributed by atoms with Crippen molar-refractivity contribution >= 4 is 16.6 Å². The van der Waals surface area contributed by atoms with Gasteiger partial charge in [0.1, 0.15) is 0 Å². The molecule has 0 saturated heterocycles. The average molecular weight is 278 g/mol. The predicted molar refractivity (Wildman–Crippen MR) is 83.2 cm³/mol. The third kappa shape index (κ3) is 2.48. The molecule has 21 heavy (non-hydrogen) atoms. The van der Waals surface area contributed by atoms with Crippen LogP contribution in [0, 0.1) is 10.1 Å². The van der Waals surface area contributed by atoms with Crippen molar-refractivity contribution in [3.63, 3.8) is 0 Å². The zero-order valence-corrected chi connectivity index (χ0v) is 11.6. The molecule has 2 aromatic carbocycles. The first-order chi connectivity index (χ1) is 10.2. The summed E-state index contributed by atoms with van der Waals surface area (Å²) in [5, 5.41) is 12.0. The van der Waals surface area contributed by atoms with Crippen LogP contribution >= 0.6 is 0 Å². The number of hydrogen-bond donors (Lipinski definition) is 0. The van der Waals surface area contributed by atoms with Crippen molar-refractivity contribution < 1.29 is 4.92 Å². The van der Waals surface area contributed by atoms with E-state index in [1.54, 1.807) is 18.3 Å². The lowest BCUT2D eigenvalue weighted by Gasteiger charge is -2.09. The van der Waals surface area contributed by atoms with Gasteiger partial charge in [-0.2, -0.15) is 0 Å². The summed E-state index contributed by atoms with van der Waals surface area (Å²) in [6.45, 7) is 2.09. The van der Waals surface area contributed by atoms with Gasteiger partial charge in [-0.25, -0.2) is 0 Å². The Balaban J connectivity index is 2.28. The van der Waals surface area contributed by atoms with Gasteiger partial charge in [0.25, 0.3) is 5.69 Å². The summed E-state index contributed by atoms with van der Waals surface area (Å²) in [6.07, 6.45) is 2.65. The van der Waals surface area contributed by atoms with E-state index in [4.69, 9.17) is 0 Å². The maximum Gasteiger partial charge on any atom is 0.270 e. The molecule has 0 unspecified atom stereocenters. The molecule has 4 heteroatoms. The van der Waals surface area contributed by atoms with Crippen LogP contribution in [0.5, 0.6) is 0 Å². The number of nitro groups is 1. The predicted octanol–water partition coefficient (Wildman–Crippen LogP) is 4.37. The topological polar surface area (TPSA) is 56.0 Å². The summed E-state index contributed by atoms with van der Waals surface area (Å²) in [6, 6.07) is 14.8. The molecular formula is C17H14N2O2. The second-order valence-electron chi connectivity index (χ2n) is 4.88. The number of pyridine rings is 1. The van der Waals surface area contributed by atoms with Gasteiger partial charge in [0.2, 0.25) is 0 Å². The third-order valence-electron chi connectivity index (χ3n) is 3.54. The fourth-order valence-corrected chi connectivity index (χ4v) is 2.47. The highest BCUT2D eigenvalue weighted by Crippen LogP contribution is 2.30. The quantitative estimate of drug-likeness (QED) is 0.528. The van der Waals surface area contributed by atoms with Crippen LogP contribution in [-0.2, 0) is 6.42 Å². The number of benzene rings is 2. The van der Waals surface area contributed by atoms with Crippen LogP contribution in [0.25, 0.3) is 22.0 Å². The molecule has 104 valence electrons. The van der Waals surface area contributed by atoms with E-state index in [2.05, 4.69) is 24.0 Å². The van der Waals surface area contributed by atoms with E-state index in [1.165, 1.54) is 11.6 Å². The number of nitro benzene ring substituents is 1. The molecule has 0 aliphatic rings. The van der Waals surface area contributed by atoms with Crippen molar-refractivity contribution in [2.24, 2.45) is 0 Å². The normalized spacial score (nSPS) is 10.7. The summed E-state index contributed by atoms with van der Waals surface area (Å²) in [4.78, 5) is 15.0. The number of hydrogen-bond acceptors (Lipinski definition) is 3. The highest BCUT2D eigenvalue weighted by Gasteiger charge is 2.11. The number of fused-ring (bicyclic) bond motifs is 1. The van der Waals surface area contributed by atoms with E-state index in [1.807, 2.05) is 18.2 Å². The van der Waals surface area contributed by atoms with E-state index in [9.17, 15) is 10.1 Å². The Kier molecular flexibility index (Phi) is 3.36. The van der Waals surface area contributed by atoms with E-state index < -0.39 is 0 Å². The van der Waals surface area contributed by atoms with Gasteiger partial charge in [0.15, 0.2) is 0 Å². The first-order valence-electron chi connectivity index (χ1n) is 6.81. The highest BCUT2D eigenvalue weighted by molar-refractivity contribution is 5.94. The van der Waals surface area contributed by atoms with Gasteiger partial charge in [-0.3, -0.25) is 15.1 Å². The first kappa shape index (κ1) is 13.2. The summed E-state index contributed by atoms with van der Waals surface area (Å²) in [5.41, 5.74) is 3.92. The SMILES string of the molecule is CCc1cc(-c2cccc([N+](=O)[O-])c2)c2ncccc2c1. The Morgan fingerprint density at radius 1 is 1.14 bits per heavy atom. The van der Waals surface area contributed by atoms with Gasteiger partial charge >= 0.3 is 0 Å². The highest BCUT2D eigenvalue weighted by atomic mass is 16.6. The zero-order valence-electron chi connectivity index (χ0n) is 11.6. The van der Waals surface area contributed by atoms with Crippen molar-refractivity contribution in [1.82, 2.24) is 4.98 Å². The Labute approximate surface area is 122 Å². The smallest absolute Gasteiger partial charge is 0.258 e. The molecule has 1 heterocycles. The molecule has 1 aromatic heterocycles. The van der Waals surface area contributed by atoms with Crippen molar-refractivity contribution in [2.75, 3.05) is 0 Å². The molecule has 0 atom stereocenters. The number of nitrogens with zero attached hydrogens (tertiary/aromatic N) is 2. The van der Waals surface area contributed by atoms with Gasteiger partial charge in [0.05, 0.1) is 10.4 Å². The van der Waals surface area contributed by atoms with Gasteiger partial charge in [0, 0.05) is 29.3 Å². The van der Waals surface area contributed by atoms with Crippen molar-refractivity contribution in [3.05, 3.63) is 70.4 Å². The average Bonchev–Trinajstić information content (AvgIpc) is 2.53. The Hall–Kier alpha value is -2.75. The van der Waals surface area contributed by atoms with Crippen LogP contribution < -0.4 is 0 Å². The van der Waals surface area contributed by atoms with Crippen LogP contribution in [0.2, 0.25) is 0 Å². The van der Waals surface area contributed by atoms with E-state index in [-0.39, 0.29) is 10.6 Å². The van der Waals surface area contributed by atoms with Gasteiger partial charge in [-0.1, -0.05) is 25.1 Å². The fraction of sp³-hybridized carbons (Fsp3) is 0.118. The molecule has 0 bridgehead atoms. The van der Waals surface area contributed by atoms with Gasteiger partial charge < -0.3 is 0 Å². The molecule has 0 aliphatic carbocycles. The second-order valence-corrected chi connectivity index (χ2v) is 4.88. The van der Waals surface area contributed by atoms with Gasteiger partial charge in [-0.05, 0) is 35.7 Å². The maximum atomic E-state index is 11.0. The lowest BCUT2D eigenvalue weighted by molar-refractivity contribution is -0.384. The Morgan fingerprint density at radius 3 is 2.76 bits per heavy atom. The molecule has 0 fully saturated rings. The molecule has 0 aliphatic heterocycles. The van der Waals surface area contributed by atoms with E-state index in [0.29, 0.717) is 0 Å². The molecule has 3 rings (SSSR count). The molecule has 0 radical (unpaired) electrons. The van der Waals surface area contributed by atoms with E-state index in [0.717, 1.165) is 28.5 Å². The summed E-state index contributed by atoms with van der Waals surface area (Å²) >= 11 is 0. The van der Waals surface area contributed by atoms with Crippen LogP contribution in [-0.4, -0.2) is 9.91 Å². The van der Waals surface area contributed by atoms with Crippen LogP contribution in [0.1, 0.15) is 12.5 Å². The monoisotopic (exact) mass is 278 g/mol. The standard InChI is InChI=1S/C17H14N2O2/c1-2-12-9-14-6-4-8-18-17(14)16(10-12)13-5-3-7-15(11-13)19(20)21/h3-11H,2H2,1H3. The molecule has 0 spiro atoms. The third-order valence-corrected chi connectivity index (χ3v) is 3.54. The molecule has 0 saturated carbocycles. The Morgan fingerprint density at radius 2 is 2.00 bits per heavy atom. The van der Waals surface area contributed by atoms with Crippen LogP contribution in [0.15, 0.2) is 54.7 Å². The van der Waals surface area contributed by atoms with Crippen LogP contribution in [0.4, 0.5) is 5.69 Å². The minimum absolute atomic E-state index is 0.0958. The lowest BCUT2D eigenvalue weighted by atomic mass is 9.97. The van der Waals surface area contributed by atoms with Crippen molar-refractivity contribution in [1.29, 1.82) is 0 Å². The fourth-order valence-electron chi connectivity index (χ4n) is 2.47. The summed E-state index contributed by atoms with van der Waals surface area (Å²) in [5.74, 6) is 0. The largest absolute Gasteiger partial charge is 0.270 e. The molecular weight excluding hydrogens is 264 g/mol. The minimum Gasteiger partial charge on any atom is -0.258 e. The number of non-ortho nitro benzene ring substituents is 1. The summed E-state index contributed by atoms with van der Waals surface area (Å²) < 4.78 is 0. The Bertz CT molecular complexity index is 828. The van der Waals surface area contributed by atoms with Crippen LogP contribution in [0.3, 0.4) is 0 Å². The minimum atomic E-state index is -0.372. The first-order valence-corrected chi connectivity index (χ1v) is 6.81. The molecule has 0 N–H and O–H groups in total.